The lowest BCUT2D eigenvalue weighted by molar-refractivity contribution is 0.311. The first-order valence-electron chi connectivity index (χ1n) is 10.2. The number of sulfonamides is 1. The van der Waals surface area contributed by atoms with E-state index in [2.05, 4.69) is 19.8 Å². The van der Waals surface area contributed by atoms with Crippen LogP contribution in [-0.2, 0) is 17.1 Å². The number of benzene rings is 2. The Bertz CT molecular complexity index is 1550. The average molecular weight is 470 g/mol. The lowest BCUT2D eigenvalue weighted by Gasteiger charge is -2.18. The van der Waals surface area contributed by atoms with Gasteiger partial charge >= 0.3 is 11.1 Å². The summed E-state index contributed by atoms with van der Waals surface area (Å²) in [5.41, 5.74) is 1.08. The Balaban J connectivity index is 1.68. The third kappa shape index (κ3) is 4.37. The second kappa shape index (κ2) is 8.41. The van der Waals surface area contributed by atoms with Crippen LogP contribution in [0.15, 0.2) is 61.5 Å². The normalized spacial score (nSPS) is 13.0. The number of nitrogens with zero attached hydrogens (tertiary/aromatic N) is 3. The number of aryl methyl sites for hydroxylation is 2. The Morgan fingerprint density at radius 3 is 2.45 bits per heavy atom. The van der Waals surface area contributed by atoms with Crippen LogP contribution in [0.5, 0.6) is 0 Å². The number of rotatable bonds is 6. The second-order valence-electron chi connectivity index (χ2n) is 8.16. The van der Waals surface area contributed by atoms with Gasteiger partial charge < -0.3 is 14.1 Å². The van der Waals surface area contributed by atoms with Crippen molar-refractivity contribution in [2.75, 3.05) is 0 Å². The van der Waals surface area contributed by atoms with E-state index >= 15 is 0 Å². The van der Waals surface area contributed by atoms with Gasteiger partial charge in [0.05, 0.1) is 15.9 Å². The molecular weight excluding hydrogens is 446 g/mol. The molecule has 0 radical (unpaired) electrons. The molecule has 0 saturated carbocycles. The molecule has 0 aliphatic heterocycles. The number of nitrogens with one attached hydrogen (secondary N) is 2. The van der Waals surface area contributed by atoms with Crippen LogP contribution < -0.4 is 15.8 Å². The molecule has 1 atom stereocenters. The maximum atomic E-state index is 12.9. The van der Waals surface area contributed by atoms with Crippen LogP contribution in [0.4, 0.5) is 0 Å². The SMILES string of the molecule is Cc1ccc(S(=O)(=O)N[C@H](c2nc(-c3ccc4c(c3)[nH]c(=O)c(=O)n4C)no2)C(C)C)cc1. The van der Waals surface area contributed by atoms with Crippen molar-refractivity contribution in [2.45, 2.75) is 31.7 Å². The van der Waals surface area contributed by atoms with Crippen LogP contribution in [0, 0.1) is 12.8 Å². The number of hydrogen-bond donors (Lipinski definition) is 2. The third-order valence-electron chi connectivity index (χ3n) is 5.35. The maximum absolute atomic E-state index is 12.9. The first kappa shape index (κ1) is 22.6. The Kier molecular flexibility index (Phi) is 5.76. The average Bonchev–Trinajstić information content (AvgIpc) is 3.25. The molecule has 11 heteroatoms. The zero-order chi connectivity index (χ0) is 23.9. The summed E-state index contributed by atoms with van der Waals surface area (Å²) in [5.74, 6) is 0.160. The van der Waals surface area contributed by atoms with Gasteiger partial charge in [-0.1, -0.05) is 36.7 Å². The Labute approximate surface area is 189 Å². The molecule has 0 saturated heterocycles. The van der Waals surface area contributed by atoms with Crippen molar-refractivity contribution in [3.63, 3.8) is 0 Å². The molecule has 172 valence electrons. The van der Waals surface area contributed by atoms with Gasteiger partial charge in [0.1, 0.15) is 6.04 Å². The second-order valence-corrected chi connectivity index (χ2v) is 9.88. The Hall–Kier alpha value is -3.57. The van der Waals surface area contributed by atoms with E-state index in [9.17, 15) is 18.0 Å². The molecule has 4 rings (SSSR count). The van der Waals surface area contributed by atoms with Gasteiger partial charge in [-0.05, 0) is 43.2 Å². The summed E-state index contributed by atoms with van der Waals surface area (Å²) >= 11 is 0. The highest BCUT2D eigenvalue weighted by atomic mass is 32.2. The van der Waals surface area contributed by atoms with Crippen molar-refractivity contribution >= 4 is 21.1 Å². The molecule has 0 aliphatic rings. The quantitative estimate of drug-likeness (QED) is 0.413. The largest absolute Gasteiger partial charge is 0.337 e. The third-order valence-corrected chi connectivity index (χ3v) is 6.81. The van der Waals surface area contributed by atoms with E-state index < -0.39 is 27.2 Å². The molecule has 4 aromatic rings. The number of fused-ring (bicyclic) bond motifs is 1. The van der Waals surface area contributed by atoms with E-state index in [1.165, 1.54) is 23.7 Å². The molecule has 2 N–H and O–H groups in total. The lowest BCUT2D eigenvalue weighted by Crippen LogP contribution is -2.34. The molecule has 0 amide bonds. The predicted molar refractivity (Wildman–Crippen MR) is 122 cm³/mol. The standard InChI is InChI=1S/C22H23N5O5S/c1-12(2)18(26-33(30,31)15-8-5-13(3)6-9-15)21-24-19(25-32-21)14-7-10-17-16(11-14)23-20(28)22(29)27(17)4/h5-12,18,26H,1-4H3,(H,23,28)/t18-/m0/s1. The van der Waals surface area contributed by atoms with Gasteiger partial charge in [-0.15, -0.1) is 0 Å². The maximum Gasteiger partial charge on any atom is 0.316 e. The van der Waals surface area contributed by atoms with E-state index in [4.69, 9.17) is 4.52 Å². The molecule has 33 heavy (non-hydrogen) atoms. The summed E-state index contributed by atoms with van der Waals surface area (Å²) in [6.07, 6.45) is 0. The molecule has 2 aromatic carbocycles. The number of hydrogen-bond acceptors (Lipinski definition) is 7. The molecule has 2 heterocycles. The Morgan fingerprint density at radius 1 is 1.09 bits per heavy atom. The minimum atomic E-state index is -3.82. The smallest absolute Gasteiger partial charge is 0.316 e. The van der Waals surface area contributed by atoms with Crippen LogP contribution in [-0.4, -0.2) is 28.1 Å². The number of aromatic amines is 1. The van der Waals surface area contributed by atoms with Gasteiger partial charge in [-0.3, -0.25) is 9.59 Å². The highest BCUT2D eigenvalue weighted by Crippen LogP contribution is 2.26. The lowest BCUT2D eigenvalue weighted by atomic mass is 10.1. The van der Waals surface area contributed by atoms with Gasteiger partial charge in [0, 0.05) is 12.6 Å². The van der Waals surface area contributed by atoms with Crippen LogP contribution in [0.25, 0.3) is 22.4 Å². The van der Waals surface area contributed by atoms with E-state index in [1.54, 1.807) is 30.3 Å². The van der Waals surface area contributed by atoms with Gasteiger partial charge in [0.15, 0.2) is 0 Å². The van der Waals surface area contributed by atoms with Gasteiger partial charge in [0.2, 0.25) is 21.7 Å². The topological polar surface area (TPSA) is 140 Å². The summed E-state index contributed by atoms with van der Waals surface area (Å²) in [4.78, 5) is 30.8. The van der Waals surface area contributed by atoms with Crippen LogP contribution in [0.2, 0.25) is 0 Å². The van der Waals surface area contributed by atoms with E-state index in [-0.39, 0.29) is 22.5 Å². The summed E-state index contributed by atoms with van der Waals surface area (Å²) in [6, 6.07) is 10.8. The van der Waals surface area contributed by atoms with E-state index in [0.29, 0.717) is 16.6 Å². The predicted octanol–water partition coefficient (Wildman–Crippen LogP) is 2.26. The molecular formula is C22H23N5O5S. The highest BCUT2D eigenvalue weighted by molar-refractivity contribution is 7.89. The van der Waals surface area contributed by atoms with Crippen molar-refractivity contribution in [3.8, 4) is 11.4 Å². The Morgan fingerprint density at radius 2 is 1.79 bits per heavy atom. The number of H-pyrrole nitrogens is 1. The van der Waals surface area contributed by atoms with Gasteiger partial charge in [-0.2, -0.15) is 9.71 Å². The fourth-order valence-electron chi connectivity index (χ4n) is 3.41. The highest BCUT2D eigenvalue weighted by Gasteiger charge is 2.29. The molecule has 0 spiro atoms. The number of aromatic nitrogens is 4. The first-order chi connectivity index (χ1) is 15.6. The van der Waals surface area contributed by atoms with Crippen LogP contribution >= 0.6 is 0 Å². The van der Waals surface area contributed by atoms with Crippen molar-refractivity contribution in [3.05, 3.63) is 74.6 Å². The summed E-state index contributed by atoms with van der Waals surface area (Å²) < 4.78 is 35.1. The molecule has 10 nitrogen and oxygen atoms in total. The summed E-state index contributed by atoms with van der Waals surface area (Å²) in [5, 5.41) is 3.99. The zero-order valence-electron chi connectivity index (χ0n) is 18.5. The molecule has 2 aromatic heterocycles. The van der Waals surface area contributed by atoms with Crippen LogP contribution in [0.1, 0.15) is 31.3 Å². The van der Waals surface area contributed by atoms with E-state index in [1.807, 2.05) is 20.8 Å². The van der Waals surface area contributed by atoms with Crippen molar-refractivity contribution in [1.82, 2.24) is 24.4 Å². The van der Waals surface area contributed by atoms with Crippen LogP contribution in [0.3, 0.4) is 0 Å². The van der Waals surface area contributed by atoms with E-state index in [0.717, 1.165) is 5.56 Å². The zero-order valence-corrected chi connectivity index (χ0v) is 19.3. The van der Waals surface area contributed by atoms with Crippen molar-refractivity contribution < 1.29 is 12.9 Å². The molecule has 0 aliphatic carbocycles. The summed E-state index contributed by atoms with van der Waals surface area (Å²) in [7, 11) is -2.30. The molecule has 0 bridgehead atoms. The summed E-state index contributed by atoms with van der Waals surface area (Å²) in [6.45, 7) is 5.56. The molecule has 0 unspecified atom stereocenters. The minimum absolute atomic E-state index is 0.115. The van der Waals surface area contributed by atoms with Gasteiger partial charge in [0.25, 0.3) is 0 Å². The molecule has 0 fully saturated rings. The first-order valence-corrected chi connectivity index (χ1v) is 11.7. The monoisotopic (exact) mass is 469 g/mol. The van der Waals surface area contributed by atoms with Crippen molar-refractivity contribution in [2.24, 2.45) is 13.0 Å². The van der Waals surface area contributed by atoms with Gasteiger partial charge in [-0.25, -0.2) is 8.42 Å². The fourth-order valence-corrected chi connectivity index (χ4v) is 4.75. The fraction of sp³-hybridized carbons (Fsp3) is 0.273. The minimum Gasteiger partial charge on any atom is -0.337 e. The van der Waals surface area contributed by atoms with Crippen molar-refractivity contribution in [1.29, 1.82) is 0 Å².